The lowest BCUT2D eigenvalue weighted by atomic mass is 10.3. The molecular weight excluding hydrogens is 300 g/mol. The average molecular weight is 311 g/mol. The molecule has 0 saturated carbocycles. The zero-order chi connectivity index (χ0) is 13.0. The van der Waals surface area contributed by atoms with Gasteiger partial charge in [-0.05, 0) is 27.6 Å². The molecule has 0 aliphatic rings. The highest BCUT2D eigenvalue weighted by molar-refractivity contribution is 9.10. The van der Waals surface area contributed by atoms with E-state index in [1.165, 1.54) is 0 Å². The van der Waals surface area contributed by atoms with Crippen LogP contribution in [0.15, 0.2) is 27.5 Å². The van der Waals surface area contributed by atoms with Crippen LogP contribution in [0.1, 0.15) is 29.0 Å². The first-order chi connectivity index (χ1) is 8.69. The molecule has 0 aliphatic heterocycles. The molecule has 0 fully saturated rings. The summed E-state index contributed by atoms with van der Waals surface area (Å²) in [6, 6.07) is 1.87. The number of rotatable bonds is 4. The van der Waals surface area contributed by atoms with Crippen LogP contribution < -0.4 is 5.32 Å². The fourth-order valence-corrected chi connectivity index (χ4v) is 1.71. The van der Waals surface area contributed by atoms with Crippen molar-refractivity contribution < 1.29 is 9.32 Å². The second kappa shape index (κ2) is 5.72. The summed E-state index contributed by atoms with van der Waals surface area (Å²) in [7, 11) is 0. The number of pyridine rings is 1. The SMILES string of the molecule is CCc1noc(C(=O)NCc2cncc(Br)c2)n1. The Bertz CT molecular complexity index is 555. The van der Waals surface area contributed by atoms with Crippen LogP contribution in [0.5, 0.6) is 0 Å². The molecule has 2 aromatic heterocycles. The van der Waals surface area contributed by atoms with E-state index >= 15 is 0 Å². The topological polar surface area (TPSA) is 80.9 Å². The molecule has 94 valence electrons. The van der Waals surface area contributed by atoms with Crippen molar-refractivity contribution >= 4 is 21.8 Å². The van der Waals surface area contributed by atoms with E-state index in [4.69, 9.17) is 4.52 Å². The minimum atomic E-state index is -0.387. The molecule has 2 heterocycles. The normalized spacial score (nSPS) is 10.3. The van der Waals surface area contributed by atoms with E-state index in [9.17, 15) is 4.79 Å². The van der Waals surface area contributed by atoms with Crippen molar-refractivity contribution in [2.24, 2.45) is 0 Å². The maximum absolute atomic E-state index is 11.7. The number of nitrogens with one attached hydrogen (secondary N) is 1. The Kier molecular flexibility index (Phi) is 4.03. The number of carbonyl (C=O) groups excluding carboxylic acids is 1. The lowest BCUT2D eigenvalue weighted by molar-refractivity contribution is 0.0907. The van der Waals surface area contributed by atoms with Crippen molar-refractivity contribution in [3.63, 3.8) is 0 Å². The number of hydrogen-bond acceptors (Lipinski definition) is 5. The van der Waals surface area contributed by atoms with Crippen LogP contribution in [0.4, 0.5) is 0 Å². The van der Waals surface area contributed by atoms with Crippen LogP contribution in [0, 0.1) is 0 Å². The molecule has 18 heavy (non-hydrogen) atoms. The van der Waals surface area contributed by atoms with Gasteiger partial charge in [-0.15, -0.1) is 0 Å². The maximum Gasteiger partial charge on any atom is 0.315 e. The Hall–Kier alpha value is -1.76. The smallest absolute Gasteiger partial charge is 0.315 e. The van der Waals surface area contributed by atoms with Crippen LogP contribution in [-0.2, 0) is 13.0 Å². The summed E-state index contributed by atoms with van der Waals surface area (Å²) < 4.78 is 5.69. The summed E-state index contributed by atoms with van der Waals surface area (Å²) in [5.41, 5.74) is 0.882. The Morgan fingerprint density at radius 3 is 3.00 bits per heavy atom. The summed E-state index contributed by atoms with van der Waals surface area (Å²) in [6.45, 7) is 2.24. The van der Waals surface area contributed by atoms with Crippen molar-refractivity contribution in [2.45, 2.75) is 19.9 Å². The van der Waals surface area contributed by atoms with Gasteiger partial charge in [-0.2, -0.15) is 4.98 Å². The van der Waals surface area contributed by atoms with E-state index < -0.39 is 0 Å². The Morgan fingerprint density at radius 1 is 1.50 bits per heavy atom. The first kappa shape index (κ1) is 12.7. The second-order valence-corrected chi connectivity index (χ2v) is 4.48. The Labute approximate surface area is 112 Å². The van der Waals surface area contributed by atoms with Crippen molar-refractivity contribution in [3.8, 4) is 0 Å². The van der Waals surface area contributed by atoms with Gasteiger partial charge >= 0.3 is 11.8 Å². The van der Waals surface area contributed by atoms with Crippen LogP contribution in [0.25, 0.3) is 0 Å². The summed E-state index contributed by atoms with van der Waals surface area (Å²) in [6.07, 6.45) is 3.99. The van der Waals surface area contributed by atoms with E-state index in [1.54, 1.807) is 12.4 Å². The van der Waals surface area contributed by atoms with Crippen LogP contribution in [-0.4, -0.2) is 21.0 Å². The number of halogens is 1. The minimum absolute atomic E-state index is 0.0187. The third-order valence-corrected chi connectivity index (χ3v) is 2.63. The van der Waals surface area contributed by atoms with Crippen LogP contribution in [0.3, 0.4) is 0 Å². The summed E-state index contributed by atoms with van der Waals surface area (Å²) in [5.74, 6) is 0.112. The number of aryl methyl sites for hydroxylation is 1. The van der Waals surface area contributed by atoms with Crippen LogP contribution >= 0.6 is 15.9 Å². The monoisotopic (exact) mass is 310 g/mol. The van der Waals surface area contributed by atoms with Gasteiger partial charge in [0.05, 0.1) is 0 Å². The highest BCUT2D eigenvalue weighted by Gasteiger charge is 2.13. The predicted octanol–water partition coefficient (Wildman–Crippen LogP) is 1.72. The van der Waals surface area contributed by atoms with Gasteiger partial charge in [0.2, 0.25) is 0 Å². The molecule has 0 saturated heterocycles. The molecule has 0 spiro atoms. The van der Waals surface area contributed by atoms with Crippen molar-refractivity contribution in [2.75, 3.05) is 0 Å². The fraction of sp³-hybridized carbons (Fsp3) is 0.273. The first-order valence-corrected chi connectivity index (χ1v) is 6.18. The molecule has 0 aliphatic carbocycles. The molecule has 6 nitrogen and oxygen atoms in total. The number of amides is 1. The highest BCUT2D eigenvalue weighted by Crippen LogP contribution is 2.09. The van der Waals surface area contributed by atoms with E-state index in [0.717, 1.165) is 10.0 Å². The molecule has 2 rings (SSSR count). The molecular formula is C11H11BrN4O2. The molecule has 0 atom stereocenters. The van der Waals surface area contributed by atoms with Gasteiger partial charge in [-0.3, -0.25) is 9.78 Å². The average Bonchev–Trinajstić information content (AvgIpc) is 2.85. The molecule has 1 amide bonds. The van der Waals surface area contributed by atoms with Gasteiger partial charge in [-0.1, -0.05) is 12.1 Å². The van der Waals surface area contributed by atoms with Gasteiger partial charge in [0.25, 0.3) is 0 Å². The second-order valence-electron chi connectivity index (χ2n) is 3.56. The molecule has 0 radical (unpaired) electrons. The third kappa shape index (κ3) is 3.13. The molecule has 1 N–H and O–H groups in total. The maximum atomic E-state index is 11.7. The predicted molar refractivity (Wildman–Crippen MR) is 66.8 cm³/mol. The minimum Gasteiger partial charge on any atom is -0.344 e. The van der Waals surface area contributed by atoms with E-state index in [1.807, 2.05) is 13.0 Å². The highest BCUT2D eigenvalue weighted by atomic mass is 79.9. The van der Waals surface area contributed by atoms with E-state index in [0.29, 0.717) is 18.8 Å². The largest absolute Gasteiger partial charge is 0.344 e. The summed E-state index contributed by atoms with van der Waals surface area (Å²) in [5, 5.41) is 6.34. The van der Waals surface area contributed by atoms with Gasteiger partial charge in [0, 0.05) is 29.8 Å². The van der Waals surface area contributed by atoms with Gasteiger partial charge in [0.1, 0.15) is 0 Å². The number of aromatic nitrogens is 3. The van der Waals surface area contributed by atoms with E-state index in [2.05, 4.69) is 36.4 Å². The van der Waals surface area contributed by atoms with Gasteiger partial charge < -0.3 is 9.84 Å². The van der Waals surface area contributed by atoms with Crippen molar-refractivity contribution in [3.05, 3.63) is 40.2 Å². The summed E-state index contributed by atoms with van der Waals surface area (Å²) >= 11 is 3.31. The van der Waals surface area contributed by atoms with E-state index in [-0.39, 0.29) is 11.8 Å². The third-order valence-electron chi connectivity index (χ3n) is 2.19. The zero-order valence-corrected chi connectivity index (χ0v) is 11.3. The Balaban J connectivity index is 1.96. The first-order valence-electron chi connectivity index (χ1n) is 5.39. The number of hydrogen-bond donors (Lipinski definition) is 1. The molecule has 0 aromatic carbocycles. The Morgan fingerprint density at radius 2 is 2.33 bits per heavy atom. The zero-order valence-electron chi connectivity index (χ0n) is 9.68. The standard InChI is InChI=1S/C11H11BrN4O2/c1-2-9-15-11(18-16-9)10(17)14-5-7-3-8(12)6-13-4-7/h3-4,6H,2,5H2,1H3,(H,14,17). The molecule has 7 heteroatoms. The van der Waals surface area contributed by atoms with Crippen molar-refractivity contribution in [1.82, 2.24) is 20.4 Å². The molecule has 0 unspecified atom stereocenters. The number of carbonyl (C=O) groups is 1. The van der Waals surface area contributed by atoms with Gasteiger partial charge in [0.15, 0.2) is 5.82 Å². The van der Waals surface area contributed by atoms with Crippen molar-refractivity contribution in [1.29, 1.82) is 0 Å². The lowest BCUT2D eigenvalue weighted by Crippen LogP contribution is -2.23. The molecule has 0 bridgehead atoms. The lowest BCUT2D eigenvalue weighted by Gasteiger charge is -2.02. The molecule has 2 aromatic rings. The summed E-state index contributed by atoms with van der Waals surface area (Å²) in [4.78, 5) is 19.6. The van der Waals surface area contributed by atoms with Gasteiger partial charge in [-0.25, -0.2) is 0 Å². The fourth-order valence-electron chi connectivity index (χ4n) is 1.30. The number of nitrogens with zero attached hydrogens (tertiary/aromatic N) is 3. The van der Waals surface area contributed by atoms with Crippen LogP contribution in [0.2, 0.25) is 0 Å². The quantitative estimate of drug-likeness (QED) is 0.930.